The first kappa shape index (κ1) is 13.9. The summed E-state index contributed by atoms with van der Waals surface area (Å²) in [5.74, 6) is 1.09. The van der Waals surface area contributed by atoms with Gasteiger partial charge in [-0.1, -0.05) is 19.1 Å². The molecule has 3 nitrogen and oxygen atoms in total. The highest BCUT2D eigenvalue weighted by Crippen LogP contribution is 2.21. The van der Waals surface area contributed by atoms with E-state index >= 15 is 0 Å². The quantitative estimate of drug-likeness (QED) is 0.833. The van der Waals surface area contributed by atoms with Crippen LogP contribution in [0.5, 0.6) is 5.75 Å². The molecule has 1 aromatic rings. The van der Waals surface area contributed by atoms with Crippen LogP contribution in [0.15, 0.2) is 24.3 Å². The molecule has 1 amide bonds. The average Bonchev–Trinajstić information content (AvgIpc) is 2.48. The van der Waals surface area contributed by atoms with E-state index in [1.54, 1.807) is 7.11 Å². The number of carbonyl (C=O) groups is 1. The zero-order chi connectivity index (χ0) is 13.7. The smallest absolute Gasteiger partial charge is 0.227 e. The summed E-state index contributed by atoms with van der Waals surface area (Å²) in [7, 11) is 1.65. The van der Waals surface area contributed by atoms with Crippen molar-refractivity contribution in [2.45, 2.75) is 45.1 Å². The Bertz CT molecular complexity index is 413. The van der Waals surface area contributed by atoms with Crippen LogP contribution in [0.3, 0.4) is 0 Å². The van der Waals surface area contributed by atoms with Crippen molar-refractivity contribution in [1.29, 1.82) is 0 Å². The van der Waals surface area contributed by atoms with Crippen molar-refractivity contribution in [2.75, 3.05) is 13.7 Å². The van der Waals surface area contributed by atoms with Gasteiger partial charge in [0.2, 0.25) is 5.91 Å². The Labute approximate surface area is 115 Å². The summed E-state index contributed by atoms with van der Waals surface area (Å²) in [6, 6.07) is 8.22. The summed E-state index contributed by atoms with van der Waals surface area (Å²) in [5.41, 5.74) is 1.06. The second-order valence-electron chi connectivity index (χ2n) is 5.17. The van der Waals surface area contributed by atoms with Crippen molar-refractivity contribution in [2.24, 2.45) is 0 Å². The van der Waals surface area contributed by atoms with Gasteiger partial charge in [-0.15, -0.1) is 0 Å². The molecular weight excluding hydrogens is 238 g/mol. The second-order valence-corrected chi connectivity index (χ2v) is 5.17. The lowest BCUT2D eigenvalue weighted by molar-refractivity contribution is -0.134. The number of rotatable bonds is 4. The van der Waals surface area contributed by atoms with Crippen molar-refractivity contribution in [1.82, 2.24) is 4.90 Å². The van der Waals surface area contributed by atoms with E-state index in [1.165, 1.54) is 6.42 Å². The van der Waals surface area contributed by atoms with E-state index in [4.69, 9.17) is 4.74 Å². The van der Waals surface area contributed by atoms with Crippen molar-refractivity contribution in [3.63, 3.8) is 0 Å². The van der Waals surface area contributed by atoms with Crippen LogP contribution in [0, 0.1) is 0 Å². The molecule has 1 aliphatic heterocycles. The minimum atomic E-state index is 0.261. The number of amides is 1. The third-order valence-corrected chi connectivity index (χ3v) is 3.93. The van der Waals surface area contributed by atoms with Crippen LogP contribution in [0.4, 0.5) is 0 Å². The lowest BCUT2D eigenvalue weighted by Crippen LogP contribution is -2.44. The summed E-state index contributed by atoms with van der Waals surface area (Å²) >= 11 is 0. The van der Waals surface area contributed by atoms with Gasteiger partial charge in [0.15, 0.2) is 0 Å². The fourth-order valence-corrected chi connectivity index (χ4v) is 2.77. The third-order valence-electron chi connectivity index (χ3n) is 3.93. The maximum absolute atomic E-state index is 12.4. The van der Waals surface area contributed by atoms with Gasteiger partial charge in [-0.2, -0.15) is 0 Å². The fourth-order valence-electron chi connectivity index (χ4n) is 2.77. The molecule has 0 saturated carbocycles. The van der Waals surface area contributed by atoms with Crippen LogP contribution in [-0.2, 0) is 11.2 Å². The maximum atomic E-state index is 12.4. The normalized spacial score (nSPS) is 19.3. The van der Waals surface area contributed by atoms with E-state index in [0.29, 0.717) is 12.5 Å². The number of ether oxygens (including phenoxy) is 1. The van der Waals surface area contributed by atoms with Gasteiger partial charge in [-0.3, -0.25) is 4.79 Å². The zero-order valence-electron chi connectivity index (χ0n) is 11.9. The predicted octanol–water partition coefficient (Wildman–Crippen LogP) is 3.03. The Kier molecular flexibility index (Phi) is 4.83. The highest BCUT2D eigenvalue weighted by Gasteiger charge is 2.24. The van der Waals surface area contributed by atoms with Crippen LogP contribution < -0.4 is 4.74 Å². The van der Waals surface area contributed by atoms with Crippen LogP contribution in [0.1, 0.15) is 38.2 Å². The molecule has 0 radical (unpaired) electrons. The number of methoxy groups -OCH3 is 1. The molecule has 1 heterocycles. The molecule has 0 unspecified atom stereocenters. The Hall–Kier alpha value is -1.51. The SMILES string of the molecule is CC[C@@H]1CCCCN1C(=O)Cc1ccc(OC)cc1. The molecule has 0 spiro atoms. The average molecular weight is 261 g/mol. The van der Waals surface area contributed by atoms with Crippen molar-refractivity contribution in [3.8, 4) is 5.75 Å². The summed E-state index contributed by atoms with van der Waals surface area (Å²) < 4.78 is 5.13. The first-order valence-electron chi connectivity index (χ1n) is 7.17. The predicted molar refractivity (Wildman–Crippen MR) is 76.3 cm³/mol. The van der Waals surface area contributed by atoms with Crippen LogP contribution in [0.25, 0.3) is 0 Å². The van der Waals surface area contributed by atoms with Gasteiger partial charge in [0.1, 0.15) is 5.75 Å². The van der Waals surface area contributed by atoms with E-state index in [1.807, 2.05) is 24.3 Å². The molecule has 19 heavy (non-hydrogen) atoms. The molecule has 1 saturated heterocycles. The van der Waals surface area contributed by atoms with Crippen LogP contribution in [0.2, 0.25) is 0 Å². The lowest BCUT2D eigenvalue weighted by Gasteiger charge is -2.35. The van der Waals surface area contributed by atoms with Gasteiger partial charge >= 0.3 is 0 Å². The van der Waals surface area contributed by atoms with Gasteiger partial charge in [0, 0.05) is 12.6 Å². The molecule has 1 aliphatic rings. The van der Waals surface area contributed by atoms with E-state index < -0.39 is 0 Å². The molecule has 1 aromatic carbocycles. The van der Waals surface area contributed by atoms with Crippen LogP contribution >= 0.6 is 0 Å². The molecule has 2 rings (SSSR count). The second kappa shape index (κ2) is 6.60. The minimum Gasteiger partial charge on any atom is -0.497 e. The maximum Gasteiger partial charge on any atom is 0.227 e. The van der Waals surface area contributed by atoms with Crippen molar-refractivity contribution < 1.29 is 9.53 Å². The van der Waals surface area contributed by atoms with E-state index in [0.717, 1.165) is 37.1 Å². The molecule has 1 fully saturated rings. The number of hydrogen-bond acceptors (Lipinski definition) is 2. The van der Waals surface area contributed by atoms with Gasteiger partial charge in [0.25, 0.3) is 0 Å². The standard InChI is InChI=1S/C16H23NO2/c1-3-14-6-4-5-11-17(14)16(18)12-13-7-9-15(19-2)10-8-13/h7-10,14H,3-6,11-12H2,1-2H3/t14-/m1/s1. The zero-order valence-corrected chi connectivity index (χ0v) is 11.9. The molecule has 0 aliphatic carbocycles. The number of piperidine rings is 1. The van der Waals surface area contributed by atoms with Gasteiger partial charge in [0.05, 0.1) is 13.5 Å². The molecule has 3 heteroatoms. The Morgan fingerprint density at radius 3 is 2.68 bits per heavy atom. The molecule has 1 atom stereocenters. The number of carbonyl (C=O) groups excluding carboxylic acids is 1. The first-order chi connectivity index (χ1) is 9.24. The molecule has 0 aromatic heterocycles. The third kappa shape index (κ3) is 3.49. The number of likely N-dealkylation sites (tertiary alicyclic amines) is 1. The number of benzene rings is 1. The molecule has 0 bridgehead atoms. The molecule has 0 N–H and O–H groups in total. The van der Waals surface area contributed by atoms with E-state index in [2.05, 4.69) is 11.8 Å². The number of hydrogen-bond donors (Lipinski definition) is 0. The fraction of sp³-hybridized carbons (Fsp3) is 0.562. The van der Waals surface area contributed by atoms with Crippen LogP contribution in [-0.4, -0.2) is 30.5 Å². The van der Waals surface area contributed by atoms with Crippen molar-refractivity contribution >= 4 is 5.91 Å². The molecule has 104 valence electrons. The summed E-state index contributed by atoms with van der Waals surface area (Å²) in [6.45, 7) is 3.09. The Morgan fingerprint density at radius 2 is 2.05 bits per heavy atom. The lowest BCUT2D eigenvalue weighted by atomic mass is 9.99. The topological polar surface area (TPSA) is 29.5 Å². The number of nitrogens with zero attached hydrogens (tertiary/aromatic N) is 1. The summed E-state index contributed by atoms with van der Waals surface area (Å²) in [6.07, 6.45) is 5.12. The minimum absolute atomic E-state index is 0.261. The molecular formula is C16H23NO2. The van der Waals surface area contributed by atoms with Crippen molar-refractivity contribution in [3.05, 3.63) is 29.8 Å². The highest BCUT2D eigenvalue weighted by atomic mass is 16.5. The first-order valence-corrected chi connectivity index (χ1v) is 7.17. The summed E-state index contributed by atoms with van der Waals surface area (Å²) in [4.78, 5) is 14.5. The summed E-state index contributed by atoms with van der Waals surface area (Å²) in [5, 5.41) is 0. The van der Waals surface area contributed by atoms with Gasteiger partial charge in [-0.05, 0) is 43.4 Å². The highest BCUT2D eigenvalue weighted by molar-refractivity contribution is 5.79. The Morgan fingerprint density at radius 1 is 1.32 bits per heavy atom. The van der Waals surface area contributed by atoms with Gasteiger partial charge in [-0.25, -0.2) is 0 Å². The monoisotopic (exact) mass is 261 g/mol. The van der Waals surface area contributed by atoms with E-state index in [-0.39, 0.29) is 5.91 Å². The van der Waals surface area contributed by atoms with Gasteiger partial charge < -0.3 is 9.64 Å². The largest absolute Gasteiger partial charge is 0.497 e. The van der Waals surface area contributed by atoms with E-state index in [9.17, 15) is 4.79 Å². The Balaban J connectivity index is 1.98.